The first-order valence-electron chi connectivity index (χ1n) is 12.0. The maximum atomic E-state index is 12.7. The average molecular weight is 495 g/mol. The highest BCUT2D eigenvalue weighted by atomic mass is 32.2. The van der Waals surface area contributed by atoms with E-state index >= 15 is 0 Å². The van der Waals surface area contributed by atoms with Crippen molar-refractivity contribution < 1.29 is 17.9 Å². The fourth-order valence-corrected chi connectivity index (χ4v) is 5.89. The van der Waals surface area contributed by atoms with Gasteiger partial charge in [0.15, 0.2) is 0 Å². The van der Waals surface area contributed by atoms with Gasteiger partial charge in [0.2, 0.25) is 10.0 Å². The number of nitrogens with one attached hydrogen (secondary N) is 3. The lowest BCUT2D eigenvalue weighted by molar-refractivity contribution is -0.110. The first-order valence-corrected chi connectivity index (χ1v) is 13.4. The Morgan fingerprint density at radius 3 is 2.69 bits per heavy atom. The van der Waals surface area contributed by atoms with Gasteiger partial charge in [-0.25, -0.2) is 13.1 Å². The third-order valence-corrected chi connectivity index (χ3v) is 7.92. The van der Waals surface area contributed by atoms with Crippen molar-refractivity contribution in [1.82, 2.24) is 14.6 Å². The number of anilines is 1. The minimum Gasteiger partial charge on any atom is -0.492 e. The van der Waals surface area contributed by atoms with Crippen LogP contribution in [0.1, 0.15) is 37.9 Å². The van der Waals surface area contributed by atoms with Crippen molar-refractivity contribution in [2.45, 2.75) is 37.6 Å². The number of ether oxygens (including phenoxy) is 1. The average Bonchev–Trinajstić information content (AvgIpc) is 3.52. The summed E-state index contributed by atoms with van der Waals surface area (Å²) in [5.41, 5.74) is 3.25. The minimum atomic E-state index is -3.67. The largest absolute Gasteiger partial charge is 0.492 e. The van der Waals surface area contributed by atoms with Crippen LogP contribution in [0.15, 0.2) is 47.4 Å². The molecule has 2 aliphatic rings. The van der Waals surface area contributed by atoms with Crippen LogP contribution in [0, 0.1) is 0 Å². The van der Waals surface area contributed by atoms with E-state index in [1.807, 2.05) is 24.3 Å². The molecule has 35 heavy (non-hydrogen) atoms. The highest BCUT2D eigenvalue weighted by molar-refractivity contribution is 7.89. The van der Waals surface area contributed by atoms with Gasteiger partial charge in [0.1, 0.15) is 12.4 Å². The molecule has 0 atom stereocenters. The summed E-state index contributed by atoms with van der Waals surface area (Å²) in [4.78, 5) is 18.6. The Morgan fingerprint density at radius 1 is 1.11 bits per heavy atom. The molecule has 2 aromatic carbocycles. The molecule has 1 amide bonds. The number of fused-ring (bicyclic) bond motifs is 2. The molecule has 1 saturated heterocycles. The van der Waals surface area contributed by atoms with Crippen molar-refractivity contribution in [2.75, 3.05) is 31.6 Å². The minimum absolute atomic E-state index is 0.125. The summed E-state index contributed by atoms with van der Waals surface area (Å²) in [5.74, 6) is 0.544. The van der Waals surface area contributed by atoms with Crippen LogP contribution >= 0.6 is 0 Å². The molecule has 9 heteroatoms. The van der Waals surface area contributed by atoms with E-state index in [1.165, 1.54) is 18.9 Å². The second-order valence-electron chi connectivity index (χ2n) is 9.37. The summed E-state index contributed by atoms with van der Waals surface area (Å²) in [5, 5.41) is 3.79. The van der Waals surface area contributed by atoms with E-state index in [1.54, 1.807) is 32.1 Å². The Hall–Kier alpha value is -3.14. The number of amides is 1. The Bertz CT molecular complexity index is 1400. The number of aromatic nitrogens is 1. The number of carbonyl (C=O) groups is 1. The van der Waals surface area contributed by atoms with Gasteiger partial charge in [-0.1, -0.05) is 0 Å². The number of H-pyrrole nitrogens is 1. The molecule has 3 heterocycles. The van der Waals surface area contributed by atoms with Gasteiger partial charge in [0.05, 0.1) is 10.5 Å². The molecule has 184 valence electrons. The summed E-state index contributed by atoms with van der Waals surface area (Å²) < 4.78 is 33.8. The zero-order valence-corrected chi connectivity index (χ0v) is 20.7. The molecule has 8 nitrogen and oxygen atoms in total. The van der Waals surface area contributed by atoms with E-state index in [-0.39, 0.29) is 16.8 Å². The molecule has 0 bridgehead atoms. The summed E-state index contributed by atoms with van der Waals surface area (Å²) in [6.07, 6.45) is 4.28. The van der Waals surface area contributed by atoms with E-state index in [2.05, 4.69) is 19.9 Å². The molecule has 3 N–H and O–H groups in total. The molecule has 0 saturated carbocycles. The van der Waals surface area contributed by atoms with Gasteiger partial charge in [-0.15, -0.1) is 0 Å². The van der Waals surface area contributed by atoms with E-state index in [4.69, 9.17) is 4.74 Å². The van der Waals surface area contributed by atoms with Gasteiger partial charge < -0.3 is 15.0 Å². The lowest BCUT2D eigenvalue weighted by atomic mass is 10.1. The highest BCUT2D eigenvalue weighted by Crippen LogP contribution is 2.35. The van der Waals surface area contributed by atoms with Crippen LogP contribution < -0.4 is 14.8 Å². The molecular weight excluding hydrogens is 464 g/mol. The molecule has 1 fully saturated rings. The summed E-state index contributed by atoms with van der Waals surface area (Å²) in [7, 11) is -3.67. The standard InChI is InChI=1S/C26H30N4O4S/c1-17(2)29-35(32,33)21-6-8-25-22(16-21)23(26(31)28-25)15-19-13-18-14-20(5-7-24(18)27-19)34-12-11-30-9-3-4-10-30/h5-8,13-17,27,29H,3-4,9-12H2,1-2H3,(H,28,31)/b23-15+. The van der Waals surface area contributed by atoms with Gasteiger partial charge in [0, 0.05) is 40.4 Å². The van der Waals surface area contributed by atoms with E-state index in [9.17, 15) is 13.2 Å². The van der Waals surface area contributed by atoms with Crippen molar-refractivity contribution in [3.05, 3.63) is 53.7 Å². The SMILES string of the molecule is CC(C)NS(=O)(=O)c1ccc2c(c1)/C(=C\c1cc3cc(OCCN4CCCC4)ccc3[nH]1)C(=O)N2. The molecule has 3 aromatic rings. The van der Waals surface area contributed by atoms with Crippen LogP contribution in [0.25, 0.3) is 22.6 Å². The van der Waals surface area contributed by atoms with Crippen molar-refractivity contribution in [1.29, 1.82) is 0 Å². The normalized spacial score (nSPS) is 17.5. The van der Waals surface area contributed by atoms with Crippen molar-refractivity contribution in [3.8, 4) is 5.75 Å². The maximum absolute atomic E-state index is 12.7. The Kier molecular flexibility index (Phi) is 6.39. The summed E-state index contributed by atoms with van der Waals surface area (Å²) in [6.45, 7) is 7.41. The number of likely N-dealkylation sites (tertiary alicyclic amines) is 1. The third kappa shape index (κ3) is 5.12. The number of hydrogen-bond donors (Lipinski definition) is 3. The molecule has 5 rings (SSSR count). The fraction of sp³-hybridized carbons (Fsp3) is 0.346. The number of rotatable bonds is 8. The lowest BCUT2D eigenvalue weighted by Gasteiger charge is -2.14. The lowest BCUT2D eigenvalue weighted by Crippen LogP contribution is -2.30. The van der Waals surface area contributed by atoms with Gasteiger partial charge in [-0.05, 0) is 88.3 Å². The number of sulfonamides is 1. The first kappa shape index (κ1) is 23.6. The van der Waals surface area contributed by atoms with Crippen LogP contribution in [0.5, 0.6) is 5.75 Å². The zero-order valence-electron chi connectivity index (χ0n) is 19.9. The smallest absolute Gasteiger partial charge is 0.256 e. The van der Waals surface area contributed by atoms with Crippen molar-refractivity contribution >= 4 is 44.2 Å². The fourth-order valence-electron chi connectivity index (χ4n) is 4.61. The molecule has 2 aliphatic heterocycles. The van der Waals surface area contributed by atoms with Crippen LogP contribution in [0.4, 0.5) is 5.69 Å². The van der Waals surface area contributed by atoms with Gasteiger partial charge in [-0.3, -0.25) is 9.69 Å². The maximum Gasteiger partial charge on any atom is 0.256 e. The molecule has 0 spiro atoms. The second-order valence-corrected chi connectivity index (χ2v) is 11.1. The molecule has 1 aromatic heterocycles. The van der Waals surface area contributed by atoms with Gasteiger partial charge >= 0.3 is 0 Å². The van der Waals surface area contributed by atoms with E-state index in [0.717, 1.165) is 42.0 Å². The van der Waals surface area contributed by atoms with E-state index in [0.29, 0.717) is 23.4 Å². The third-order valence-electron chi connectivity index (χ3n) is 6.26. The highest BCUT2D eigenvalue weighted by Gasteiger charge is 2.27. The number of benzene rings is 2. The first-order chi connectivity index (χ1) is 16.8. The van der Waals surface area contributed by atoms with Crippen LogP contribution in [0.3, 0.4) is 0 Å². The molecule has 0 unspecified atom stereocenters. The second kappa shape index (κ2) is 9.49. The number of aromatic amines is 1. The summed E-state index contributed by atoms with van der Waals surface area (Å²) >= 11 is 0. The predicted molar refractivity (Wildman–Crippen MR) is 138 cm³/mol. The predicted octanol–water partition coefficient (Wildman–Crippen LogP) is 3.82. The van der Waals surface area contributed by atoms with Crippen molar-refractivity contribution in [2.24, 2.45) is 0 Å². The number of nitrogens with zero attached hydrogens (tertiary/aromatic N) is 1. The molecule has 0 aliphatic carbocycles. The van der Waals surface area contributed by atoms with Crippen LogP contribution in [-0.2, 0) is 14.8 Å². The van der Waals surface area contributed by atoms with Crippen LogP contribution in [0.2, 0.25) is 0 Å². The Morgan fingerprint density at radius 2 is 1.91 bits per heavy atom. The monoisotopic (exact) mass is 494 g/mol. The molecular formula is C26H30N4O4S. The van der Waals surface area contributed by atoms with Gasteiger partial charge in [-0.2, -0.15) is 0 Å². The quantitative estimate of drug-likeness (QED) is 0.413. The Balaban J connectivity index is 1.38. The number of carbonyl (C=O) groups excluding carboxylic acids is 1. The summed E-state index contributed by atoms with van der Waals surface area (Å²) in [6, 6.07) is 12.3. The van der Waals surface area contributed by atoms with Crippen molar-refractivity contribution in [3.63, 3.8) is 0 Å². The van der Waals surface area contributed by atoms with Crippen LogP contribution in [-0.4, -0.2) is 56.5 Å². The molecule has 0 radical (unpaired) electrons. The topological polar surface area (TPSA) is 104 Å². The van der Waals surface area contributed by atoms with Gasteiger partial charge in [0.25, 0.3) is 5.91 Å². The Labute approximate surface area is 205 Å². The van der Waals surface area contributed by atoms with E-state index < -0.39 is 10.0 Å². The zero-order chi connectivity index (χ0) is 24.6. The number of hydrogen-bond acceptors (Lipinski definition) is 5.